The Kier molecular flexibility index (Phi) is 3.49. The maximum atomic E-state index is 9.18. The van der Waals surface area contributed by atoms with Crippen LogP contribution in [0.25, 0.3) is 10.9 Å². The maximum absolute atomic E-state index is 9.18. The third-order valence-corrected chi connectivity index (χ3v) is 5.48. The summed E-state index contributed by atoms with van der Waals surface area (Å²) in [7, 11) is 0. The maximum Gasteiger partial charge on any atom is 0.104 e. The van der Waals surface area contributed by atoms with Gasteiger partial charge in [0.05, 0.1) is 23.2 Å². The van der Waals surface area contributed by atoms with Crippen molar-refractivity contribution >= 4 is 39.2 Å². The molecule has 0 fully saturated rings. The van der Waals surface area contributed by atoms with Gasteiger partial charge in [-0.3, -0.25) is 5.10 Å². The van der Waals surface area contributed by atoms with E-state index in [0.29, 0.717) is 6.04 Å². The summed E-state index contributed by atoms with van der Waals surface area (Å²) >= 11 is 2.27. The van der Waals surface area contributed by atoms with Crippen LogP contribution in [-0.4, -0.2) is 10.2 Å². The van der Waals surface area contributed by atoms with Crippen LogP contribution < -0.4 is 5.32 Å². The van der Waals surface area contributed by atoms with Crippen LogP contribution in [0, 0.1) is 22.0 Å². The second-order valence-corrected chi connectivity index (χ2v) is 7.00. The second-order valence-electron chi connectivity index (χ2n) is 5.92. The second kappa shape index (κ2) is 5.53. The smallest absolute Gasteiger partial charge is 0.104 e. The largest absolute Gasteiger partial charge is 0.378 e. The molecule has 114 valence electrons. The molecule has 0 aliphatic heterocycles. The predicted molar refractivity (Wildman–Crippen MR) is 99.4 cm³/mol. The van der Waals surface area contributed by atoms with E-state index in [1.807, 2.05) is 12.1 Å². The third-order valence-electron chi connectivity index (χ3n) is 4.66. The SMILES string of the molecule is Cc1c(C#N)ccc2c1CC[C@H]2Nc1ccc2n[nH]c(I)c2c1. The summed E-state index contributed by atoms with van der Waals surface area (Å²) in [6.45, 7) is 2.06. The number of nitriles is 1. The van der Waals surface area contributed by atoms with Gasteiger partial charge in [-0.25, -0.2) is 0 Å². The molecular weight excluding hydrogens is 399 g/mol. The fraction of sp³-hybridized carbons (Fsp3) is 0.222. The number of anilines is 1. The first kappa shape index (κ1) is 14.5. The van der Waals surface area contributed by atoms with Crippen LogP contribution >= 0.6 is 22.6 Å². The molecule has 1 aromatic heterocycles. The minimum atomic E-state index is 0.304. The monoisotopic (exact) mass is 414 g/mol. The minimum absolute atomic E-state index is 0.304. The Balaban J connectivity index is 1.67. The third kappa shape index (κ3) is 2.38. The van der Waals surface area contributed by atoms with Crippen LogP contribution in [0.4, 0.5) is 5.69 Å². The molecule has 2 aromatic carbocycles. The number of halogens is 1. The van der Waals surface area contributed by atoms with Crippen LogP contribution in [0.15, 0.2) is 30.3 Å². The van der Waals surface area contributed by atoms with Crippen molar-refractivity contribution in [2.45, 2.75) is 25.8 Å². The molecule has 0 spiro atoms. The average Bonchev–Trinajstić information content (AvgIpc) is 3.13. The van der Waals surface area contributed by atoms with E-state index >= 15 is 0 Å². The molecule has 1 atom stereocenters. The average molecular weight is 414 g/mol. The number of fused-ring (bicyclic) bond motifs is 2. The van der Waals surface area contributed by atoms with Gasteiger partial charge in [0.2, 0.25) is 0 Å². The van der Waals surface area contributed by atoms with Crippen LogP contribution in [0.5, 0.6) is 0 Å². The van der Waals surface area contributed by atoms with Gasteiger partial charge < -0.3 is 5.32 Å². The Morgan fingerprint density at radius 2 is 2.22 bits per heavy atom. The van der Waals surface area contributed by atoms with Crippen LogP contribution in [-0.2, 0) is 6.42 Å². The van der Waals surface area contributed by atoms with Crippen molar-refractivity contribution in [3.8, 4) is 6.07 Å². The van der Waals surface area contributed by atoms with E-state index in [4.69, 9.17) is 0 Å². The zero-order chi connectivity index (χ0) is 16.0. The van der Waals surface area contributed by atoms with Gasteiger partial charge in [0.15, 0.2) is 0 Å². The summed E-state index contributed by atoms with van der Waals surface area (Å²) in [6.07, 6.45) is 2.09. The Hall–Kier alpha value is -2.07. The molecule has 2 N–H and O–H groups in total. The number of nitrogens with zero attached hydrogens (tertiary/aromatic N) is 2. The molecule has 4 nitrogen and oxygen atoms in total. The zero-order valence-corrected chi connectivity index (χ0v) is 14.8. The first-order valence-electron chi connectivity index (χ1n) is 7.60. The molecule has 0 saturated carbocycles. The van der Waals surface area contributed by atoms with Crippen molar-refractivity contribution in [1.82, 2.24) is 10.2 Å². The Morgan fingerprint density at radius 1 is 1.35 bits per heavy atom. The Bertz CT molecular complexity index is 952. The Morgan fingerprint density at radius 3 is 3.04 bits per heavy atom. The van der Waals surface area contributed by atoms with Gasteiger partial charge in [0.1, 0.15) is 3.70 Å². The molecule has 1 heterocycles. The lowest BCUT2D eigenvalue weighted by Gasteiger charge is -2.16. The van der Waals surface area contributed by atoms with E-state index in [1.54, 1.807) is 0 Å². The summed E-state index contributed by atoms with van der Waals surface area (Å²) in [5.41, 5.74) is 6.68. The number of hydrogen-bond acceptors (Lipinski definition) is 3. The molecule has 0 unspecified atom stereocenters. The van der Waals surface area contributed by atoms with E-state index in [0.717, 1.165) is 44.3 Å². The molecule has 1 aliphatic rings. The lowest BCUT2D eigenvalue weighted by molar-refractivity contribution is 0.762. The van der Waals surface area contributed by atoms with Gasteiger partial charge in [-0.2, -0.15) is 10.4 Å². The van der Waals surface area contributed by atoms with Gasteiger partial charge >= 0.3 is 0 Å². The fourth-order valence-electron chi connectivity index (χ4n) is 3.42. The summed E-state index contributed by atoms with van der Waals surface area (Å²) in [4.78, 5) is 0. The number of benzene rings is 2. The van der Waals surface area contributed by atoms with Crippen LogP contribution in [0.3, 0.4) is 0 Å². The number of aromatic nitrogens is 2. The molecule has 0 bridgehead atoms. The van der Waals surface area contributed by atoms with E-state index in [-0.39, 0.29) is 0 Å². The van der Waals surface area contributed by atoms with Gasteiger partial charge in [-0.1, -0.05) is 6.07 Å². The lowest BCUT2D eigenvalue weighted by Crippen LogP contribution is -2.07. The molecule has 0 amide bonds. The number of H-pyrrole nitrogens is 1. The molecule has 1 aliphatic carbocycles. The standard InChI is InChI=1S/C18H15IN4/c1-10-11(9-20)2-4-14-13(10)5-7-16(14)21-12-3-6-17-15(8-12)18(19)23-22-17/h2-4,6,8,16,21H,5,7H2,1H3,(H,22,23)/t16-/m1/s1. The highest BCUT2D eigenvalue weighted by molar-refractivity contribution is 14.1. The van der Waals surface area contributed by atoms with Gasteiger partial charge in [0.25, 0.3) is 0 Å². The Labute approximate surface area is 148 Å². The molecule has 5 heteroatoms. The molecule has 0 radical (unpaired) electrons. The number of hydrogen-bond donors (Lipinski definition) is 2. The summed E-state index contributed by atoms with van der Waals surface area (Å²) in [5, 5.41) is 21.2. The molecular formula is C18H15IN4. The van der Waals surface area contributed by atoms with E-state index in [1.165, 1.54) is 11.1 Å². The van der Waals surface area contributed by atoms with Crippen LogP contribution in [0.2, 0.25) is 0 Å². The van der Waals surface area contributed by atoms with Crippen molar-refractivity contribution in [1.29, 1.82) is 5.26 Å². The van der Waals surface area contributed by atoms with E-state index in [2.05, 4.69) is 69.3 Å². The van der Waals surface area contributed by atoms with E-state index < -0.39 is 0 Å². The van der Waals surface area contributed by atoms with Gasteiger partial charge in [0, 0.05) is 11.1 Å². The highest BCUT2D eigenvalue weighted by Crippen LogP contribution is 2.37. The summed E-state index contributed by atoms with van der Waals surface area (Å²) in [5.74, 6) is 0. The van der Waals surface area contributed by atoms with Gasteiger partial charge in [-0.05, 0) is 83.3 Å². The molecule has 0 saturated heterocycles. The van der Waals surface area contributed by atoms with Gasteiger partial charge in [-0.15, -0.1) is 0 Å². The van der Waals surface area contributed by atoms with Crippen molar-refractivity contribution < 1.29 is 0 Å². The van der Waals surface area contributed by atoms with Crippen molar-refractivity contribution in [3.63, 3.8) is 0 Å². The first-order valence-corrected chi connectivity index (χ1v) is 8.68. The quantitative estimate of drug-likeness (QED) is 0.610. The minimum Gasteiger partial charge on any atom is -0.378 e. The molecule has 23 heavy (non-hydrogen) atoms. The normalized spacial score (nSPS) is 16.3. The van der Waals surface area contributed by atoms with E-state index in [9.17, 15) is 5.26 Å². The highest BCUT2D eigenvalue weighted by atomic mass is 127. The van der Waals surface area contributed by atoms with Crippen molar-refractivity contribution in [3.05, 3.63) is 56.3 Å². The number of aromatic amines is 1. The topological polar surface area (TPSA) is 64.5 Å². The highest BCUT2D eigenvalue weighted by Gasteiger charge is 2.24. The molecule has 4 rings (SSSR count). The summed E-state index contributed by atoms with van der Waals surface area (Å²) < 4.78 is 1.06. The zero-order valence-electron chi connectivity index (χ0n) is 12.7. The number of rotatable bonds is 2. The van der Waals surface area contributed by atoms with Crippen LogP contribution in [0.1, 0.15) is 34.7 Å². The van der Waals surface area contributed by atoms with Crippen molar-refractivity contribution in [2.24, 2.45) is 0 Å². The number of nitrogens with one attached hydrogen (secondary N) is 2. The van der Waals surface area contributed by atoms with Crippen molar-refractivity contribution in [2.75, 3.05) is 5.32 Å². The predicted octanol–water partition coefficient (Wildman–Crippen LogP) is 4.45. The molecule has 3 aromatic rings. The lowest BCUT2D eigenvalue weighted by atomic mass is 9.98. The first-order chi connectivity index (χ1) is 11.2. The fourth-order valence-corrected chi connectivity index (χ4v) is 3.97. The summed E-state index contributed by atoms with van der Waals surface area (Å²) in [6, 6.07) is 12.9.